The summed E-state index contributed by atoms with van der Waals surface area (Å²) in [6.45, 7) is 3.06. The van der Waals surface area contributed by atoms with E-state index in [9.17, 15) is 0 Å². The Bertz CT molecular complexity index is 754. The third-order valence-electron chi connectivity index (χ3n) is 3.58. The lowest BCUT2D eigenvalue weighted by Gasteiger charge is -2.14. The smallest absolute Gasteiger partial charge is 0.155 e. The molecule has 0 N–H and O–H groups in total. The summed E-state index contributed by atoms with van der Waals surface area (Å²) in [5.74, 6) is 1.90. The van der Waals surface area contributed by atoms with E-state index in [1.807, 2.05) is 24.0 Å². The van der Waals surface area contributed by atoms with Crippen LogP contribution in [0.5, 0.6) is 0 Å². The highest BCUT2D eigenvalue weighted by Gasteiger charge is 2.18. The summed E-state index contributed by atoms with van der Waals surface area (Å²) in [7, 11) is 6.12. The van der Waals surface area contributed by atoms with Gasteiger partial charge in [-0.3, -0.25) is 0 Å². The molecule has 116 valence electrons. The van der Waals surface area contributed by atoms with Crippen molar-refractivity contribution in [1.29, 1.82) is 0 Å². The van der Waals surface area contributed by atoms with Crippen molar-refractivity contribution < 1.29 is 0 Å². The first-order valence-electron chi connectivity index (χ1n) is 7.15. The molecule has 3 rings (SSSR count). The molecule has 7 heteroatoms. The molecule has 0 aliphatic rings. The maximum absolute atomic E-state index is 4.54. The van der Waals surface area contributed by atoms with Gasteiger partial charge < -0.3 is 14.0 Å². The first kappa shape index (κ1) is 14.9. The minimum Gasteiger partial charge on any atom is -0.320 e. The van der Waals surface area contributed by atoms with Gasteiger partial charge in [0.2, 0.25) is 0 Å². The summed E-state index contributed by atoms with van der Waals surface area (Å²) < 4.78 is 4.09. The van der Waals surface area contributed by atoms with Crippen LogP contribution in [0.2, 0.25) is 0 Å². The Kier molecular flexibility index (Phi) is 4.08. The maximum atomic E-state index is 4.54. The fourth-order valence-electron chi connectivity index (χ4n) is 2.55. The molecule has 0 fully saturated rings. The molecule has 0 saturated carbocycles. The van der Waals surface area contributed by atoms with Crippen molar-refractivity contribution in [2.24, 2.45) is 7.05 Å². The molecule has 1 unspecified atom stereocenters. The Labute approximate surface area is 134 Å². The summed E-state index contributed by atoms with van der Waals surface area (Å²) in [4.78, 5) is 7.89. The van der Waals surface area contributed by atoms with E-state index in [2.05, 4.69) is 57.1 Å². The SMILES string of the molecule is CC(c1nncn1C)n1ccnc1-c1cc(CN(C)C)cs1. The van der Waals surface area contributed by atoms with Crippen molar-refractivity contribution in [1.82, 2.24) is 29.2 Å². The summed E-state index contributed by atoms with van der Waals surface area (Å²) in [5, 5.41) is 10.4. The number of aromatic nitrogens is 5. The van der Waals surface area contributed by atoms with E-state index in [0.717, 1.165) is 18.2 Å². The number of aryl methyl sites for hydroxylation is 1. The highest BCUT2D eigenvalue weighted by Crippen LogP contribution is 2.29. The quantitative estimate of drug-likeness (QED) is 0.725. The lowest BCUT2D eigenvalue weighted by atomic mass is 10.2. The molecule has 0 aromatic carbocycles. The van der Waals surface area contributed by atoms with Crippen LogP contribution in [0.4, 0.5) is 0 Å². The molecule has 6 nitrogen and oxygen atoms in total. The van der Waals surface area contributed by atoms with Gasteiger partial charge in [0.1, 0.15) is 6.33 Å². The molecular formula is C15H20N6S. The molecule has 0 saturated heterocycles. The van der Waals surface area contributed by atoms with E-state index >= 15 is 0 Å². The van der Waals surface area contributed by atoms with Crippen molar-refractivity contribution in [2.75, 3.05) is 14.1 Å². The van der Waals surface area contributed by atoms with Crippen LogP contribution in [-0.4, -0.2) is 43.3 Å². The summed E-state index contributed by atoms with van der Waals surface area (Å²) in [6.07, 6.45) is 5.57. The zero-order chi connectivity index (χ0) is 15.7. The second kappa shape index (κ2) is 6.02. The molecular weight excluding hydrogens is 296 g/mol. The van der Waals surface area contributed by atoms with E-state index in [-0.39, 0.29) is 6.04 Å². The molecule has 0 aliphatic carbocycles. The normalized spacial score (nSPS) is 13.0. The lowest BCUT2D eigenvalue weighted by molar-refractivity contribution is 0.403. The maximum Gasteiger partial charge on any atom is 0.155 e. The number of nitrogens with zero attached hydrogens (tertiary/aromatic N) is 6. The van der Waals surface area contributed by atoms with Crippen LogP contribution in [-0.2, 0) is 13.6 Å². The van der Waals surface area contributed by atoms with Crippen LogP contribution < -0.4 is 0 Å². The Hall–Kier alpha value is -1.99. The lowest BCUT2D eigenvalue weighted by Crippen LogP contribution is -2.12. The third kappa shape index (κ3) is 2.82. The zero-order valence-corrected chi connectivity index (χ0v) is 14.1. The second-order valence-electron chi connectivity index (χ2n) is 5.69. The number of imidazole rings is 1. The van der Waals surface area contributed by atoms with Gasteiger partial charge in [-0.25, -0.2) is 4.98 Å². The minimum absolute atomic E-state index is 0.0874. The Morgan fingerprint density at radius 3 is 2.86 bits per heavy atom. The van der Waals surface area contributed by atoms with E-state index in [1.54, 1.807) is 17.7 Å². The zero-order valence-electron chi connectivity index (χ0n) is 13.3. The topological polar surface area (TPSA) is 51.8 Å². The highest BCUT2D eigenvalue weighted by atomic mass is 32.1. The standard InChI is InChI=1S/C15H20N6S/c1-11(14-18-17-10-20(14)4)21-6-5-16-15(21)13-7-12(9-22-13)8-19(2)3/h5-7,9-11H,8H2,1-4H3. The predicted molar refractivity (Wildman–Crippen MR) is 87.7 cm³/mol. The molecule has 0 radical (unpaired) electrons. The Morgan fingerprint density at radius 1 is 1.36 bits per heavy atom. The molecule has 1 atom stereocenters. The Morgan fingerprint density at radius 2 is 2.18 bits per heavy atom. The van der Waals surface area contributed by atoms with Gasteiger partial charge in [0, 0.05) is 26.0 Å². The largest absolute Gasteiger partial charge is 0.320 e. The van der Waals surface area contributed by atoms with Gasteiger partial charge in [0.05, 0.1) is 10.9 Å². The third-order valence-corrected chi connectivity index (χ3v) is 4.55. The van der Waals surface area contributed by atoms with E-state index < -0.39 is 0 Å². The number of rotatable bonds is 5. The monoisotopic (exact) mass is 316 g/mol. The molecule has 3 aromatic heterocycles. The fourth-order valence-corrected chi connectivity index (χ4v) is 3.46. The van der Waals surface area contributed by atoms with Crippen molar-refractivity contribution in [3.05, 3.63) is 41.6 Å². The van der Waals surface area contributed by atoms with Crippen molar-refractivity contribution in [3.8, 4) is 10.7 Å². The molecule has 0 bridgehead atoms. The fraction of sp³-hybridized carbons (Fsp3) is 0.400. The van der Waals surface area contributed by atoms with Gasteiger partial charge in [0.25, 0.3) is 0 Å². The van der Waals surface area contributed by atoms with Crippen LogP contribution in [0.1, 0.15) is 24.4 Å². The van der Waals surface area contributed by atoms with Crippen LogP contribution in [0.15, 0.2) is 30.2 Å². The molecule has 0 spiro atoms. The predicted octanol–water partition coefficient (Wildman–Crippen LogP) is 2.41. The van der Waals surface area contributed by atoms with Crippen LogP contribution in [0.3, 0.4) is 0 Å². The van der Waals surface area contributed by atoms with Gasteiger partial charge in [-0.05, 0) is 38.0 Å². The molecule has 3 heterocycles. The van der Waals surface area contributed by atoms with Gasteiger partial charge >= 0.3 is 0 Å². The van der Waals surface area contributed by atoms with Crippen LogP contribution in [0.25, 0.3) is 10.7 Å². The Balaban J connectivity index is 1.92. The number of hydrogen-bond acceptors (Lipinski definition) is 5. The summed E-state index contributed by atoms with van der Waals surface area (Å²) >= 11 is 1.73. The number of hydrogen-bond donors (Lipinski definition) is 0. The van der Waals surface area contributed by atoms with Gasteiger partial charge in [-0.2, -0.15) is 0 Å². The number of thiophene rings is 1. The average Bonchev–Trinajstić information content (AvgIpc) is 3.16. The first-order chi connectivity index (χ1) is 10.6. The van der Waals surface area contributed by atoms with Gasteiger partial charge in [-0.15, -0.1) is 21.5 Å². The molecule has 0 aliphatic heterocycles. The second-order valence-corrected chi connectivity index (χ2v) is 6.60. The van der Waals surface area contributed by atoms with Gasteiger partial charge in [-0.1, -0.05) is 0 Å². The van der Waals surface area contributed by atoms with Crippen LogP contribution in [0, 0.1) is 0 Å². The van der Waals surface area contributed by atoms with Crippen molar-refractivity contribution in [3.63, 3.8) is 0 Å². The molecule has 3 aromatic rings. The van der Waals surface area contributed by atoms with Crippen molar-refractivity contribution in [2.45, 2.75) is 19.5 Å². The highest BCUT2D eigenvalue weighted by molar-refractivity contribution is 7.13. The average molecular weight is 316 g/mol. The summed E-state index contributed by atoms with van der Waals surface area (Å²) in [6, 6.07) is 2.30. The van der Waals surface area contributed by atoms with Gasteiger partial charge in [0.15, 0.2) is 11.6 Å². The van der Waals surface area contributed by atoms with Crippen molar-refractivity contribution >= 4 is 11.3 Å². The van der Waals surface area contributed by atoms with E-state index in [0.29, 0.717) is 0 Å². The summed E-state index contributed by atoms with van der Waals surface area (Å²) in [5.41, 5.74) is 1.31. The molecule has 22 heavy (non-hydrogen) atoms. The van der Waals surface area contributed by atoms with E-state index in [4.69, 9.17) is 0 Å². The van der Waals surface area contributed by atoms with Crippen LogP contribution >= 0.6 is 11.3 Å². The first-order valence-corrected chi connectivity index (χ1v) is 8.03. The molecule has 0 amide bonds. The van der Waals surface area contributed by atoms with E-state index in [1.165, 1.54) is 10.4 Å². The minimum atomic E-state index is 0.0874.